The number of amides is 2. The van der Waals surface area contributed by atoms with Gasteiger partial charge in [-0.15, -0.1) is 0 Å². The predicted molar refractivity (Wildman–Crippen MR) is 109 cm³/mol. The fourth-order valence-corrected chi connectivity index (χ4v) is 4.66. The number of nitrogens with zero attached hydrogens (tertiary/aromatic N) is 1. The van der Waals surface area contributed by atoms with Crippen molar-refractivity contribution in [2.45, 2.75) is 19.3 Å². The molecular formula is C20H23N3O4S. The Kier molecular flexibility index (Phi) is 6.30. The highest BCUT2D eigenvalue weighted by Gasteiger charge is 2.25. The van der Waals surface area contributed by atoms with E-state index < -0.39 is 21.8 Å². The molecule has 28 heavy (non-hydrogen) atoms. The number of anilines is 2. The highest BCUT2D eigenvalue weighted by atomic mass is 32.2. The van der Waals surface area contributed by atoms with Crippen molar-refractivity contribution in [1.29, 1.82) is 0 Å². The zero-order valence-corrected chi connectivity index (χ0v) is 16.2. The van der Waals surface area contributed by atoms with Gasteiger partial charge in [0.05, 0.1) is 11.4 Å². The van der Waals surface area contributed by atoms with E-state index in [2.05, 4.69) is 10.6 Å². The quantitative estimate of drug-likeness (QED) is 0.748. The molecule has 148 valence electrons. The molecule has 1 heterocycles. The molecule has 0 unspecified atom stereocenters. The van der Waals surface area contributed by atoms with Crippen molar-refractivity contribution in [2.24, 2.45) is 0 Å². The molecule has 2 N–H and O–H groups in total. The van der Waals surface area contributed by atoms with Gasteiger partial charge in [0.25, 0.3) is 0 Å². The second kappa shape index (κ2) is 8.88. The lowest BCUT2D eigenvalue weighted by Gasteiger charge is -2.28. The van der Waals surface area contributed by atoms with Crippen LogP contribution in [-0.4, -0.2) is 39.1 Å². The van der Waals surface area contributed by atoms with Gasteiger partial charge in [-0.25, -0.2) is 8.42 Å². The highest BCUT2D eigenvalue weighted by Crippen LogP contribution is 2.24. The number of nitrogens with one attached hydrogen (secondary N) is 2. The molecule has 2 amide bonds. The van der Waals surface area contributed by atoms with Gasteiger partial charge in [-0.2, -0.15) is 0 Å². The summed E-state index contributed by atoms with van der Waals surface area (Å²) in [4.78, 5) is 23.9. The third-order valence-electron chi connectivity index (χ3n) is 4.51. The predicted octanol–water partition coefficient (Wildman–Crippen LogP) is 1.91. The van der Waals surface area contributed by atoms with Gasteiger partial charge < -0.3 is 10.6 Å². The van der Waals surface area contributed by atoms with Gasteiger partial charge in [-0.1, -0.05) is 30.3 Å². The molecule has 0 radical (unpaired) electrons. The van der Waals surface area contributed by atoms with Gasteiger partial charge in [0.15, 0.2) is 0 Å². The molecule has 8 heteroatoms. The van der Waals surface area contributed by atoms with Crippen LogP contribution in [0, 0.1) is 0 Å². The van der Waals surface area contributed by atoms with Crippen molar-refractivity contribution in [1.82, 2.24) is 5.32 Å². The third-order valence-corrected chi connectivity index (χ3v) is 6.38. The van der Waals surface area contributed by atoms with E-state index in [4.69, 9.17) is 0 Å². The smallest absolute Gasteiger partial charge is 0.313 e. The van der Waals surface area contributed by atoms with Gasteiger partial charge in [0, 0.05) is 18.8 Å². The van der Waals surface area contributed by atoms with Crippen LogP contribution in [0.1, 0.15) is 18.4 Å². The molecule has 7 nitrogen and oxygen atoms in total. The Labute approximate surface area is 164 Å². The molecular weight excluding hydrogens is 378 g/mol. The summed E-state index contributed by atoms with van der Waals surface area (Å²) in [5.41, 5.74) is 2.07. The van der Waals surface area contributed by atoms with Crippen LogP contribution in [0.15, 0.2) is 54.6 Å². The molecule has 0 saturated carbocycles. The van der Waals surface area contributed by atoms with Crippen molar-refractivity contribution in [3.05, 3.63) is 60.2 Å². The summed E-state index contributed by atoms with van der Waals surface area (Å²) in [6, 6.07) is 16.1. The van der Waals surface area contributed by atoms with E-state index in [9.17, 15) is 18.0 Å². The molecule has 0 spiro atoms. The van der Waals surface area contributed by atoms with E-state index >= 15 is 0 Å². The second-order valence-corrected chi connectivity index (χ2v) is 8.60. The van der Waals surface area contributed by atoms with Crippen molar-refractivity contribution in [3.63, 3.8) is 0 Å². The molecule has 1 aliphatic rings. The Hall–Kier alpha value is -2.87. The third kappa shape index (κ3) is 5.10. The lowest BCUT2D eigenvalue weighted by Crippen LogP contribution is -2.38. The van der Waals surface area contributed by atoms with E-state index in [1.807, 2.05) is 30.3 Å². The average Bonchev–Trinajstić information content (AvgIpc) is 2.69. The van der Waals surface area contributed by atoms with E-state index in [1.54, 1.807) is 24.3 Å². The van der Waals surface area contributed by atoms with Gasteiger partial charge in [-0.3, -0.25) is 13.9 Å². The van der Waals surface area contributed by atoms with Gasteiger partial charge in [0.2, 0.25) is 10.0 Å². The summed E-state index contributed by atoms with van der Waals surface area (Å²) in [7, 11) is -3.28. The first kappa shape index (κ1) is 19.9. The van der Waals surface area contributed by atoms with Crippen LogP contribution in [0.25, 0.3) is 0 Å². The number of benzene rings is 2. The van der Waals surface area contributed by atoms with E-state index in [-0.39, 0.29) is 5.75 Å². The summed E-state index contributed by atoms with van der Waals surface area (Å²) in [6.07, 6.45) is 2.13. The van der Waals surface area contributed by atoms with Crippen LogP contribution in [0.3, 0.4) is 0 Å². The lowest BCUT2D eigenvalue weighted by molar-refractivity contribution is -0.136. The zero-order valence-electron chi connectivity index (χ0n) is 15.4. The largest absolute Gasteiger partial charge is 0.347 e. The molecule has 1 aliphatic heterocycles. The Bertz CT molecular complexity index is 928. The number of rotatable bonds is 5. The van der Waals surface area contributed by atoms with Crippen LogP contribution in [0.5, 0.6) is 0 Å². The first-order chi connectivity index (χ1) is 13.5. The van der Waals surface area contributed by atoms with Crippen LogP contribution in [-0.2, 0) is 26.0 Å². The van der Waals surface area contributed by atoms with Crippen LogP contribution >= 0.6 is 0 Å². The van der Waals surface area contributed by atoms with Crippen molar-refractivity contribution < 1.29 is 18.0 Å². The summed E-state index contributed by atoms with van der Waals surface area (Å²) in [5, 5.41) is 5.11. The van der Waals surface area contributed by atoms with Crippen LogP contribution < -0.4 is 14.9 Å². The maximum atomic E-state index is 12.1. The van der Waals surface area contributed by atoms with Crippen molar-refractivity contribution in [3.8, 4) is 0 Å². The normalized spacial score (nSPS) is 15.6. The standard InChI is InChI=1S/C20H23N3O4S/c24-19(21-13-12-16-6-2-1-3-7-16)20(25)22-17-8-10-18(11-9-17)23-14-4-5-15-28(23,26)27/h1-3,6-11H,4-5,12-15H2,(H,21,24)(H,22,25). The second-order valence-electron chi connectivity index (χ2n) is 6.59. The molecule has 2 aromatic rings. The van der Waals surface area contributed by atoms with E-state index in [0.717, 1.165) is 12.0 Å². The fraction of sp³-hybridized carbons (Fsp3) is 0.300. The fourth-order valence-electron chi connectivity index (χ4n) is 3.02. The van der Waals surface area contributed by atoms with Crippen LogP contribution in [0.4, 0.5) is 11.4 Å². The number of hydrogen-bond acceptors (Lipinski definition) is 4. The molecule has 1 saturated heterocycles. The van der Waals surface area contributed by atoms with E-state index in [1.165, 1.54) is 4.31 Å². The van der Waals surface area contributed by atoms with Gasteiger partial charge >= 0.3 is 11.8 Å². The van der Waals surface area contributed by atoms with Gasteiger partial charge in [0.1, 0.15) is 0 Å². The lowest BCUT2D eigenvalue weighted by atomic mass is 10.1. The molecule has 2 aromatic carbocycles. The summed E-state index contributed by atoms with van der Waals surface area (Å²) < 4.78 is 25.7. The Morgan fingerprint density at radius 2 is 1.64 bits per heavy atom. The summed E-state index contributed by atoms with van der Waals surface area (Å²) in [6.45, 7) is 0.819. The van der Waals surface area contributed by atoms with Crippen molar-refractivity contribution in [2.75, 3.05) is 28.5 Å². The Balaban J connectivity index is 1.51. The number of sulfonamides is 1. The Morgan fingerprint density at radius 3 is 2.32 bits per heavy atom. The minimum Gasteiger partial charge on any atom is -0.347 e. The van der Waals surface area contributed by atoms with Crippen molar-refractivity contribution >= 4 is 33.2 Å². The average molecular weight is 401 g/mol. The first-order valence-electron chi connectivity index (χ1n) is 9.19. The maximum absolute atomic E-state index is 12.1. The minimum absolute atomic E-state index is 0.147. The zero-order chi connectivity index (χ0) is 20.0. The molecule has 0 aromatic heterocycles. The number of carbonyl (C=O) groups excluding carboxylic acids is 2. The van der Waals surface area contributed by atoms with E-state index in [0.29, 0.717) is 37.3 Å². The highest BCUT2D eigenvalue weighted by molar-refractivity contribution is 7.92. The molecule has 0 atom stereocenters. The number of carbonyl (C=O) groups is 2. The minimum atomic E-state index is -3.28. The molecule has 3 rings (SSSR count). The monoisotopic (exact) mass is 401 g/mol. The SMILES string of the molecule is O=C(NCCc1ccccc1)C(=O)Nc1ccc(N2CCCCS2(=O)=O)cc1. The number of hydrogen-bond donors (Lipinski definition) is 2. The topological polar surface area (TPSA) is 95.6 Å². The summed E-state index contributed by atoms with van der Waals surface area (Å²) >= 11 is 0. The Morgan fingerprint density at radius 1 is 0.929 bits per heavy atom. The summed E-state index contributed by atoms with van der Waals surface area (Å²) in [5.74, 6) is -1.32. The molecule has 0 bridgehead atoms. The molecule has 1 fully saturated rings. The first-order valence-corrected chi connectivity index (χ1v) is 10.8. The van der Waals surface area contributed by atoms with Gasteiger partial charge in [-0.05, 0) is 49.1 Å². The molecule has 0 aliphatic carbocycles. The van der Waals surface area contributed by atoms with Crippen LogP contribution in [0.2, 0.25) is 0 Å². The maximum Gasteiger partial charge on any atom is 0.313 e.